The van der Waals surface area contributed by atoms with Crippen LogP contribution >= 0.6 is 0 Å². The molecule has 6 aromatic rings. The molecule has 11 nitrogen and oxygen atoms in total. The molecule has 1 N–H and O–H groups in total. The van der Waals surface area contributed by atoms with E-state index in [-0.39, 0.29) is 46.2 Å². The topological polar surface area (TPSA) is 113 Å². The van der Waals surface area contributed by atoms with Crippen molar-refractivity contribution in [3.63, 3.8) is 0 Å². The van der Waals surface area contributed by atoms with E-state index in [0.29, 0.717) is 6.61 Å². The molecule has 0 aromatic heterocycles. The molecule has 8 rings (SSSR count). The van der Waals surface area contributed by atoms with Crippen LogP contribution in [-0.2, 0) is 87.0 Å². The molecule has 0 spiro atoms. The number of hydrogen-bond donors (Lipinski definition) is 1. The van der Waals surface area contributed by atoms with Crippen molar-refractivity contribution >= 4 is 0 Å². The number of rotatable bonds is 25. The summed E-state index contributed by atoms with van der Waals surface area (Å²) in [4.78, 5) is 0. The highest BCUT2D eigenvalue weighted by molar-refractivity contribution is 5.18. The van der Waals surface area contributed by atoms with Crippen molar-refractivity contribution in [2.75, 3.05) is 19.8 Å². The fraction of sp³-hybridized carbons (Fsp3) is 0.333. The number of hydrogen-bond acceptors (Lipinski definition) is 11. The van der Waals surface area contributed by atoms with E-state index in [1.54, 1.807) is 6.08 Å². The molecule has 0 radical (unpaired) electrons. The van der Waals surface area contributed by atoms with E-state index in [9.17, 15) is 5.11 Å². The third-order valence-corrected chi connectivity index (χ3v) is 11.9. The standard InChI is InChI=1S/C57H62O11/c1-2-33-60-56-54(64-39-46-29-17-7-18-30-46)53(63-38-45-27-15-6-16-28-45)51(49(67-56)41-59-35-42-21-9-3-10-22-42)68-57-55(65-40-47-31-19-8-20-32-47)52(62-37-44-25-13-5-14-26-44)50(48(34-58)66-57)61-36-43-23-11-4-12-24-43/h2-32,48-58H,1,33-41H2/t48-,49-,50-,51-,52+,53+,54-,55-,56+,57+/m1/s1. The number of ether oxygens (including phenoxy) is 10. The molecule has 0 aliphatic carbocycles. The predicted octanol–water partition coefficient (Wildman–Crippen LogP) is 9.16. The first-order valence-electron chi connectivity index (χ1n) is 23.3. The SMILES string of the molecule is C=CCO[C@H]1O[C@H](COCc2ccccc2)[C@@H](O[C@@H]2O[C@H](CO)[C@@H](OCc3ccccc3)[C@H](OCc3ccccc3)[C@H]2OCc2ccccc2)[C@H](OCc2ccccc2)[C@H]1OCc1ccccc1. The van der Waals surface area contributed by atoms with Gasteiger partial charge in [-0.3, -0.25) is 0 Å². The van der Waals surface area contributed by atoms with Gasteiger partial charge in [0.15, 0.2) is 12.6 Å². The summed E-state index contributed by atoms with van der Waals surface area (Å²) in [5.74, 6) is 0. The van der Waals surface area contributed by atoms with Crippen LogP contribution in [-0.4, -0.2) is 86.3 Å². The smallest absolute Gasteiger partial charge is 0.187 e. The molecule has 0 saturated carbocycles. The van der Waals surface area contributed by atoms with E-state index in [1.165, 1.54) is 0 Å². The molecule has 10 atom stereocenters. The highest BCUT2D eigenvalue weighted by Crippen LogP contribution is 2.37. The van der Waals surface area contributed by atoms with Crippen molar-refractivity contribution < 1.29 is 52.5 Å². The summed E-state index contributed by atoms with van der Waals surface area (Å²) in [6, 6.07) is 59.5. The van der Waals surface area contributed by atoms with Crippen LogP contribution in [0.15, 0.2) is 195 Å². The second-order valence-electron chi connectivity index (χ2n) is 16.8. The van der Waals surface area contributed by atoms with Gasteiger partial charge < -0.3 is 52.5 Å². The Bertz CT molecular complexity index is 2290. The van der Waals surface area contributed by atoms with Crippen molar-refractivity contribution in [3.8, 4) is 0 Å². The molecule has 2 aliphatic rings. The summed E-state index contributed by atoms with van der Waals surface area (Å²) in [5.41, 5.74) is 5.75. The molecule has 0 amide bonds. The van der Waals surface area contributed by atoms with Crippen LogP contribution in [0.25, 0.3) is 0 Å². The minimum absolute atomic E-state index is 0.0898. The largest absolute Gasteiger partial charge is 0.394 e. The van der Waals surface area contributed by atoms with E-state index in [0.717, 1.165) is 33.4 Å². The van der Waals surface area contributed by atoms with Crippen LogP contribution in [0.1, 0.15) is 33.4 Å². The van der Waals surface area contributed by atoms with E-state index in [1.807, 2.05) is 182 Å². The Hall–Kier alpha value is -5.38. The second-order valence-corrected chi connectivity index (χ2v) is 16.8. The minimum atomic E-state index is -1.15. The molecular weight excluding hydrogens is 861 g/mol. The molecule has 11 heteroatoms. The molecule has 2 heterocycles. The zero-order valence-electron chi connectivity index (χ0n) is 38.3. The highest BCUT2D eigenvalue weighted by atomic mass is 16.8. The summed E-state index contributed by atoms with van der Waals surface area (Å²) in [6.45, 7) is 5.26. The summed E-state index contributed by atoms with van der Waals surface area (Å²) in [7, 11) is 0. The molecule has 2 fully saturated rings. The van der Waals surface area contributed by atoms with Crippen molar-refractivity contribution in [1.82, 2.24) is 0 Å². The van der Waals surface area contributed by atoms with Crippen molar-refractivity contribution in [2.24, 2.45) is 0 Å². The van der Waals surface area contributed by atoms with Gasteiger partial charge in [-0.15, -0.1) is 6.58 Å². The normalized spacial score (nSPS) is 24.9. The lowest BCUT2D eigenvalue weighted by atomic mass is 9.95. The Morgan fingerprint density at radius 3 is 1.12 bits per heavy atom. The number of aliphatic hydroxyl groups excluding tert-OH is 1. The van der Waals surface area contributed by atoms with Gasteiger partial charge in [-0.05, 0) is 33.4 Å². The van der Waals surface area contributed by atoms with Crippen molar-refractivity contribution in [3.05, 3.63) is 228 Å². The summed E-state index contributed by atoms with van der Waals surface area (Å²) >= 11 is 0. The molecule has 2 saturated heterocycles. The maximum atomic E-state index is 11.2. The first kappa shape index (κ1) is 49.1. The lowest BCUT2D eigenvalue weighted by molar-refractivity contribution is -0.376. The van der Waals surface area contributed by atoms with Gasteiger partial charge in [0.25, 0.3) is 0 Å². The Labute approximate surface area is 400 Å². The van der Waals surface area contributed by atoms with E-state index in [4.69, 9.17) is 47.4 Å². The Kier molecular flexibility index (Phi) is 19.0. The zero-order valence-corrected chi connectivity index (χ0v) is 38.3. The maximum absolute atomic E-state index is 11.2. The Morgan fingerprint density at radius 2 is 0.721 bits per heavy atom. The third kappa shape index (κ3) is 14.1. The molecule has 6 aromatic carbocycles. The molecule has 356 valence electrons. The molecular formula is C57H62O11. The monoisotopic (exact) mass is 922 g/mol. The number of aliphatic hydroxyl groups is 1. The Balaban J connectivity index is 1.18. The average molecular weight is 923 g/mol. The first-order chi connectivity index (χ1) is 33.6. The van der Waals surface area contributed by atoms with Crippen LogP contribution in [0.4, 0.5) is 0 Å². The Morgan fingerprint density at radius 1 is 0.382 bits per heavy atom. The predicted molar refractivity (Wildman–Crippen MR) is 257 cm³/mol. The van der Waals surface area contributed by atoms with Gasteiger partial charge in [0, 0.05) is 0 Å². The van der Waals surface area contributed by atoms with Crippen molar-refractivity contribution in [1.29, 1.82) is 0 Å². The number of benzene rings is 6. The highest BCUT2D eigenvalue weighted by Gasteiger charge is 2.54. The fourth-order valence-corrected chi connectivity index (χ4v) is 8.40. The van der Waals surface area contributed by atoms with Crippen LogP contribution in [0.3, 0.4) is 0 Å². The van der Waals surface area contributed by atoms with E-state index >= 15 is 0 Å². The van der Waals surface area contributed by atoms with Gasteiger partial charge in [0.1, 0.15) is 48.8 Å². The lowest BCUT2D eigenvalue weighted by Gasteiger charge is -2.50. The fourth-order valence-electron chi connectivity index (χ4n) is 8.40. The van der Waals surface area contributed by atoms with Gasteiger partial charge >= 0.3 is 0 Å². The van der Waals surface area contributed by atoms with Gasteiger partial charge in [0.2, 0.25) is 0 Å². The first-order valence-corrected chi connectivity index (χ1v) is 23.3. The van der Waals surface area contributed by atoms with Crippen LogP contribution in [0.5, 0.6) is 0 Å². The van der Waals surface area contributed by atoms with Crippen LogP contribution in [0.2, 0.25) is 0 Å². The quantitative estimate of drug-likeness (QED) is 0.0555. The lowest BCUT2D eigenvalue weighted by Crippen LogP contribution is -2.66. The molecule has 0 unspecified atom stereocenters. The minimum Gasteiger partial charge on any atom is -0.394 e. The molecule has 68 heavy (non-hydrogen) atoms. The van der Waals surface area contributed by atoms with Gasteiger partial charge in [-0.2, -0.15) is 0 Å². The van der Waals surface area contributed by atoms with Gasteiger partial charge in [-0.1, -0.05) is 188 Å². The van der Waals surface area contributed by atoms with Crippen LogP contribution in [0, 0.1) is 0 Å². The molecule has 0 bridgehead atoms. The van der Waals surface area contributed by atoms with Crippen LogP contribution < -0.4 is 0 Å². The summed E-state index contributed by atoms with van der Waals surface area (Å²) < 4.78 is 68.3. The summed E-state index contributed by atoms with van der Waals surface area (Å²) in [6.07, 6.45) is -7.10. The zero-order chi connectivity index (χ0) is 46.6. The van der Waals surface area contributed by atoms with E-state index in [2.05, 4.69) is 6.58 Å². The summed E-state index contributed by atoms with van der Waals surface area (Å²) in [5, 5.41) is 11.2. The van der Waals surface area contributed by atoms with Gasteiger partial charge in [0.05, 0.1) is 59.5 Å². The third-order valence-electron chi connectivity index (χ3n) is 11.9. The molecule has 2 aliphatic heterocycles. The second kappa shape index (κ2) is 26.4. The van der Waals surface area contributed by atoms with Gasteiger partial charge in [-0.25, -0.2) is 0 Å². The average Bonchev–Trinajstić information content (AvgIpc) is 3.40. The van der Waals surface area contributed by atoms with E-state index < -0.39 is 68.0 Å². The maximum Gasteiger partial charge on any atom is 0.187 e. The van der Waals surface area contributed by atoms with Crippen molar-refractivity contribution in [2.45, 2.75) is 101 Å².